The van der Waals surface area contributed by atoms with Gasteiger partial charge >= 0.3 is 0 Å². The van der Waals surface area contributed by atoms with E-state index in [4.69, 9.17) is 4.74 Å². The van der Waals surface area contributed by atoms with E-state index in [2.05, 4.69) is 5.32 Å². The van der Waals surface area contributed by atoms with Crippen molar-refractivity contribution in [1.29, 1.82) is 0 Å². The van der Waals surface area contributed by atoms with Crippen LogP contribution in [0.1, 0.15) is 32.8 Å². The molecule has 38 heavy (non-hydrogen) atoms. The summed E-state index contributed by atoms with van der Waals surface area (Å²) in [6.07, 6.45) is 0.366. The van der Waals surface area contributed by atoms with Gasteiger partial charge in [0.05, 0.1) is 17.7 Å². The van der Waals surface area contributed by atoms with Crippen LogP contribution in [-0.2, 0) is 26.2 Å². The standard InChI is InChI=1S/C29H35N3O5S/c1-5-27(29(34)30-22(2)3)31(20-23-12-8-6-9-13-23)28(33)21-32(24-16-18-25(37-4)19-17-24)38(35,36)26-14-10-7-11-15-26/h6-19,22,27H,5,20-21H2,1-4H3,(H,30,34)/t27-/m1/s1. The van der Waals surface area contributed by atoms with Crippen LogP contribution >= 0.6 is 0 Å². The number of rotatable bonds is 12. The molecule has 0 radical (unpaired) electrons. The van der Waals surface area contributed by atoms with Crippen LogP contribution in [-0.4, -0.2) is 50.9 Å². The van der Waals surface area contributed by atoms with Gasteiger partial charge in [0.2, 0.25) is 11.8 Å². The Morgan fingerprint density at radius 3 is 2.00 bits per heavy atom. The normalized spacial score (nSPS) is 12.0. The van der Waals surface area contributed by atoms with E-state index in [1.165, 1.54) is 24.1 Å². The smallest absolute Gasteiger partial charge is 0.264 e. The summed E-state index contributed by atoms with van der Waals surface area (Å²) in [6, 6.07) is 22.9. The quantitative estimate of drug-likeness (QED) is 0.373. The number of sulfonamides is 1. The summed E-state index contributed by atoms with van der Waals surface area (Å²) >= 11 is 0. The zero-order chi connectivity index (χ0) is 27.7. The first-order valence-electron chi connectivity index (χ1n) is 12.5. The van der Waals surface area contributed by atoms with Gasteiger partial charge in [-0.15, -0.1) is 0 Å². The molecule has 8 nitrogen and oxygen atoms in total. The molecular formula is C29H35N3O5S. The van der Waals surface area contributed by atoms with Crippen molar-refractivity contribution in [3.63, 3.8) is 0 Å². The van der Waals surface area contributed by atoms with Crippen LogP contribution in [0.5, 0.6) is 5.75 Å². The molecule has 202 valence electrons. The summed E-state index contributed by atoms with van der Waals surface area (Å²) in [5.41, 5.74) is 1.14. The zero-order valence-corrected chi connectivity index (χ0v) is 23.0. The molecule has 0 aliphatic heterocycles. The van der Waals surface area contributed by atoms with Crippen LogP contribution in [0.4, 0.5) is 5.69 Å². The fourth-order valence-electron chi connectivity index (χ4n) is 4.08. The average Bonchev–Trinajstić information content (AvgIpc) is 2.92. The van der Waals surface area contributed by atoms with Gasteiger partial charge in [-0.3, -0.25) is 13.9 Å². The number of methoxy groups -OCH3 is 1. The highest BCUT2D eigenvalue weighted by Crippen LogP contribution is 2.26. The van der Waals surface area contributed by atoms with Crippen molar-refractivity contribution in [2.75, 3.05) is 18.0 Å². The van der Waals surface area contributed by atoms with Gasteiger partial charge < -0.3 is 15.0 Å². The Labute approximate surface area is 225 Å². The molecule has 2 amide bonds. The first-order chi connectivity index (χ1) is 18.2. The van der Waals surface area contributed by atoms with E-state index in [9.17, 15) is 18.0 Å². The maximum absolute atomic E-state index is 13.9. The monoisotopic (exact) mass is 537 g/mol. The fraction of sp³-hybridized carbons (Fsp3) is 0.310. The lowest BCUT2D eigenvalue weighted by Crippen LogP contribution is -2.53. The molecule has 0 spiro atoms. The van der Waals surface area contributed by atoms with Crippen molar-refractivity contribution in [1.82, 2.24) is 10.2 Å². The summed E-state index contributed by atoms with van der Waals surface area (Å²) in [5.74, 6) is -0.220. The van der Waals surface area contributed by atoms with E-state index >= 15 is 0 Å². The van der Waals surface area contributed by atoms with E-state index in [1.807, 2.05) is 51.1 Å². The van der Waals surface area contributed by atoms with Gasteiger partial charge in [0.15, 0.2) is 0 Å². The molecule has 0 heterocycles. The summed E-state index contributed by atoms with van der Waals surface area (Å²) < 4.78 is 33.8. The SMILES string of the molecule is CC[C@H](C(=O)NC(C)C)N(Cc1ccccc1)C(=O)CN(c1ccc(OC)cc1)S(=O)(=O)c1ccccc1. The molecule has 3 rings (SSSR count). The molecule has 1 N–H and O–H groups in total. The Morgan fingerprint density at radius 2 is 1.47 bits per heavy atom. The molecule has 0 aromatic heterocycles. The van der Waals surface area contributed by atoms with E-state index in [0.717, 1.165) is 9.87 Å². The van der Waals surface area contributed by atoms with E-state index in [-0.39, 0.29) is 23.4 Å². The second kappa shape index (κ2) is 13.1. The van der Waals surface area contributed by atoms with Gasteiger partial charge in [-0.05, 0) is 62.2 Å². The van der Waals surface area contributed by atoms with Crippen LogP contribution < -0.4 is 14.4 Å². The highest BCUT2D eigenvalue weighted by atomic mass is 32.2. The average molecular weight is 538 g/mol. The molecule has 0 aliphatic carbocycles. The number of nitrogens with zero attached hydrogens (tertiary/aromatic N) is 2. The molecule has 0 bridgehead atoms. The minimum Gasteiger partial charge on any atom is -0.497 e. The highest BCUT2D eigenvalue weighted by Gasteiger charge is 2.33. The molecule has 9 heteroatoms. The number of anilines is 1. The lowest BCUT2D eigenvalue weighted by Gasteiger charge is -2.33. The van der Waals surface area contributed by atoms with Crippen molar-refractivity contribution in [3.05, 3.63) is 90.5 Å². The summed E-state index contributed by atoms with van der Waals surface area (Å²) in [5, 5.41) is 2.89. The van der Waals surface area contributed by atoms with Crippen molar-refractivity contribution in [3.8, 4) is 5.75 Å². The second-order valence-electron chi connectivity index (χ2n) is 9.12. The van der Waals surface area contributed by atoms with Crippen molar-refractivity contribution >= 4 is 27.5 Å². The largest absolute Gasteiger partial charge is 0.497 e. The zero-order valence-electron chi connectivity index (χ0n) is 22.2. The minimum atomic E-state index is -4.10. The lowest BCUT2D eigenvalue weighted by atomic mass is 10.1. The number of carbonyl (C=O) groups is 2. The molecule has 0 saturated carbocycles. The van der Waals surface area contributed by atoms with Crippen LogP contribution in [0.25, 0.3) is 0 Å². The van der Waals surface area contributed by atoms with Gasteiger partial charge in [0, 0.05) is 12.6 Å². The lowest BCUT2D eigenvalue weighted by molar-refractivity contribution is -0.140. The molecule has 0 fully saturated rings. The van der Waals surface area contributed by atoms with E-state index in [1.54, 1.807) is 42.5 Å². The molecule has 0 unspecified atom stereocenters. The fourth-order valence-corrected chi connectivity index (χ4v) is 5.51. The van der Waals surface area contributed by atoms with Crippen LogP contribution in [0, 0.1) is 0 Å². The summed E-state index contributed by atoms with van der Waals surface area (Å²) in [6.45, 7) is 5.21. The Morgan fingerprint density at radius 1 is 0.895 bits per heavy atom. The molecule has 1 atom stereocenters. The Hall–Kier alpha value is -3.85. The molecule has 0 aliphatic rings. The maximum Gasteiger partial charge on any atom is 0.264 e. The van der Waals surface area contributed by atoms with E-state index < -0.39 is 28.5 Å². The first-order valence-corrected chi connectivity index (χ1v) is 14.0. The van der Waals surface area contributed by atoms with Gasteiger partial charge in [-0.2, -0.15) is 0 Å². The topological polar surface area (TPSA) is 96.0 Å². The number of benzene rings is 3. The minimum absolute atomic E-state index is 0.0582. The summed E-state index contributed by atoms with van der Waals surface area (Å²) in [7, 11) is -2.58. The summed E-state index contributed by atoms with van der Waals surface area (Å²) in [4.78, 5) is 28.6. The molecule has 0 saturated heterocycles. The molecular weight excluding hydrogens is 502 g/mol. The number of hydrogen-bond donors (Lipinski definition) is 1. The predicted molar refractivity (Wildman–Crippen MR) is 148 cm³/mol. The van der Waals surface area contributed by atoms with Crippen LogP contribution in [0.15, 0.2) is 89.8 Å². The predicted octanol–water partition coefficient (Wildman–Crippen LogP) is 4.22. The Bertz CT molecular complexity index is 1300. The van der Waals surface area contributed by atoms with Gasteiger partial charge in [-0.25, -0.2) is 8.42 Å². The highest BCUT2D eigenvalue weighted by molar-refractivity contribution is 7.92. The van der Waals surface area contributed by atoms with E-state index in [0.29, 0.717) is 17.9 Å². The Balaban J connectivity index is 2.04. The van der Waals surface area contributed by atoms with Crippen molar-refractivity contribution in [2.45, 2.75) is 50.7 Å². The third-order valence-corrected chi connectivity index (χ3v) is 7.77. The van der Waals surface area contributed by atoms with Gasteiger partial charge in [0.1, 0.15) is 18.3 Å². The first kappa shape index (κ1) is 28.7. The van der Waals surface area contributed by atoms with Crippen molar-refractivity contribution in [2.24, 2.45) is 0 Å². The Kier molecular flexibility index (Phi) is 9.90. The van der Waals surface area contributed by atoms with Gasteiger partial charge in [0.25, 0.3) is 10.0 Å². The number of ether oxygens (including phenoxy) is 1. The van der Waals surface area contributed by atoms with Crippen LogP contribution in [0.3, 0.4) is 0 Å². The second-order valence-corrected chi connectivity index (χ2v) is 11.0. The maximum atomic E-state index is 13.9. The molecule has 3 aromatic rings. The third-order valence-electron chi connectivity index (χ3n) is 5.98. The number of carbonyl (C=O) groups excluding carboxylic acids is 2. The third kappa shape index (κ3) is 7.13. The number of nitrogens with one attached hydrogen (secondary N) is 1. The van der Waals surface area contributed by atoms with Crippen LogP contribution in [0.2, 0.25) is 0 Å². The number of amides is 2. The molecule has 3 aromatic carbocycles. The van der Waals surface area contributed by atoms with Gasteiger partial charge in [-0.1, -0.05) is 55.5 Å². The number of hydrogen-bond acceptors (Lipinski definition) is 5. The van der Waals surface area contributed by atoms with Crippen molar-refractivity contribution < 1.29 is 22.7 Å².